The lowest BCUT2D eigenvalue weighted by molar-refractivity contribution is -0.115. The highest BCUT2D eigenvalue weighted by molar-refractivity contribution is 6.04. The number of hydrogen-bond acceptors (Lipinski definition) is 4. The van der Waals surface area contributed by atoms with Crippen molar-refractivity contribution in [3.05, 3.63) is 89.9 Å². The summed E-state index contributed by atoms with van der Waals surface area (Å²) in [6, 6.07) is 20.6. The average molecular weight is 389 g/mol. The van der Waals surface area contributed by atoms with Crippen LogP contribution in [-0.2, 0) is 4.79 Å². The summed E-state index contributed by atoms with van der Waals surface area (Å²) in [7, 11) is 0. The molecule has 1 fully saturated rings. The fourth-order valence-electron chi connectivity index (χ4n) is 3.15. The summed E-state index contributed by atoms with van der Waals surface area (Å²) >= 11 is 0. The van der Waals surface area contributed by atoms with Crippen LogP contribution in [0.5, 0.6) is 0 Å². The van der Waals surface area contributed by atoms with Gasteiger partial charge in [0.25, 0.3) is 5.91 Å². The lowest BCUT2D eigenvalue weighted by atomic mass is 10.0. The quantitative estimate of drug-likeness (QED) is 0.551. The van der Waals surface area contributed by atoms with Gasteiger partial charge in [0.2, 0.25) is 5.91 Å². The van der Waals surface area contributed by atoms with Crippen molar-refractivity contribution in [3.63, 3.8) is 0 Å². The van der Waals surface area contributed by atoms with Crippen LogP contribution >= 0.6 is 0 Å². The first-order valence-electron chi connectivity index (χ1n) is 9.72. The molecule has 1 heterocycles. The highest BCUT2D eigenvalue weighted by Gasteiger charge is 2.25. The van der Waals surface area contributed by atoms with Crippen molar-refractivity contribution in [2.75, 3.05) is 11.9 Å². The molecule has 1 aromatic heterocycles. The number of rotatable bonds is 8. The first kappa shape index (κ1) is 19.0. The Morgan fingerprint density at radius 3 is 2.45 bits per heavy atom. The smallest absolute Gasteiger partial charge is 0.253 e. The molecule has 6 heteroatoms. The maximum atomic E-state index is 12.6. The van der Waals surface area contributed by atoms with E-state index in [1.54, 1.807) is 30.5 Å². The Bertz CT molecular complexity index is 966. The van der Waals surface area contributed by atoms with Crippen molar-refractivity contribution >= 4 is 17.5 Å². The minimum absolute atomic E-state index is 0.0683. The minimum atomic E-state index is -0.245. The van der Waals surface area contributed by atoms with Crippen LogP contribution in [0.25, 0.3) is 0 Å². The van der Waals surface area contributed by atoms with E-state index in [1.807, 2.05) is 42.5 Å². The highest BCUT2D eigenvalue weighted by atomic mass is 16.3. The number of carbonyl (C=O) groups excluding carboxylic acids is 2. The Kier molecular flexibility index (Phi) is 5.72. The molecule has 3 aromatic rings. The largest absolute Gasteiger partial charge is 0.467 e. The number of amides is 2. The van der Waals surface area contributed by atoms with Crippen LogP contribution in [-0.4, -0.2) is 24.4 Å². The van der Waals surface area contributed by atoms with Gasteiger partial charge >= 0.3 is 0 Å². The summed E-state index contributed by atoms with van der Waals surface area (Å²) in [4.78, 5) is 25.0. The molecule has 1 aliphatic carbocycles. The van der Waals surface area contributed by atoms with Gasteiger partial charge in [-0.25, -0.2) is 0 Å². The lowest BCUT2D eigenvalue weighted by Crippen LogP contribution is -2.33. The number of para-hydroxylation sites is 1. The molecule has 0 aliphatic heterocycles. The van der Waals surface area contributed by atoms with E-state index in [0.717, 1.165) is 24.2 Å². The topological polar surface area (TPSA) is 83.4 Å². The third kappa shape index (κ3) is 4.92. The second kappa shape index (κ2) is 8.75. The molecule has 1 atom stereocenters. The molecule has 29 heavy (non-hydrogen) atoms. The molecule has 0 saturated heterocycles. The van der Waals surface area contributed by atoms with Crippen LogP contribution in [0.1, 0.15) is 40.6 Å². The van der Waals surface area contributed by atoms with Gasteiger partial charge < -0.3 is 15.1 Å². The van der Waals surface area contributed by atoms with Crippen LogP contribution in [0.4, 0.5) is 5.69 Å². The summed E-state index contributed by atoms with van der Waals surface area (Å²) in [5, 5.41) is 9.04. The Hall–Kier alpha value is -3.38. The molecule has 0 radical (unpaired) electrons. The molecule has 6 nitrogen and oxygen atoms in total. The number of furan rings is 1. The van der Waals surface area contributed by atoms with Crippen LogP contribution in [0, 0.1) is 0 Å². The number of anilines is 1. The standard InChI is InChI=1S/C23H23N3O3/c27-21(26-19-10-5-4-9-18(19)23(28)25-17-12-13-17)15-24-22(20-11-6-14-29-20)16-7-2-1-3-8-16/h1-11,14,17,22,24H,12-13,15H2,(H,25,28)(H,26,27)/t22-/m1/s1. The molecular weight excluding hydrogens is 366 g/mol. The predicted molar refractivity (Wildman–Crippen MR) is 111 cm³/mol. The monoisotopic (exact) mass is 389 g/mol. The average Bonchev–Trinajstić information content (AvgIpc) is 3.39. The van der Waals surface area contributed by atoms with Crippen molar-refractivity contribution in [3.8, 4) is 0 Å². The number of carbonyl (C=O) groups is 2. The normalized spacial score (nSPS) is 14.2. The summed E-state index contributed by atoms with van der Waals surface area (Å²) in [6.45, 7) is 0.0683. The molecule has 4 rings (SSSR count). The molecule has 148 valence electrons. The summed E-state index contributed by atoms with van der Waals surface area (Å²) in [5.74, 6) is 0.339. The van der Waals surface area contributed by atoms with Gasteiger partial charge in [0, 0.05) is 6.04 Å². The van der Waals surface area contributed by atoms with Gasteiger partial charge in [-0.1, -0.05) is 42.5 Å². The van der Waals surface area contributed by atoms with Gasteiger partial charge in [0.1, 0.15) is 5.76 Å². The molecule has 1 aliphatic rings. The van der Waals surface area contributed by atoms with Crippen molar-refractivity contribution in [1.82, 2.24) is 10.6 Å². The van der Waals surface area contributed by atoms with E-state index in [1.165, 1.54) is 0 Å². The summed E-state index contributed by atoms with van der Waals surface area (Å²) in [5.41, 5.74) is 1.98. The van der Waals surface area contributed by atoms with Crippen molar-refractivity contribution < 1.29 is 14.0 Å². The Labute approximate surface area is 169 Å². The van der Waals surface area contributed by atoms with Crippen LogP contribution in [0.2, 0.25) is 0 Å². The molecular formula is C23H23N3O3. The highest BCUT2D eigenvalue weighted by Crippen LogP contribution is 2.23. The van der Waals surface area contributed by atoms with Gasteiger partial charge in [0.15, 0.2) is 0 Å². The van der Waals surface area contributed by atoms with Gasteiger partial charge in [-0.05, 0) is 42.7 Å². The molecule has 0 unspecified atom stereocenters. The van der Waals surface area contributed by atoms with E-state index < -0.39 is 0 Å². The van der Waals surface area contributed by atoms with Gasteiger partial charge in [-0.2, -0.15) is 0 Å². The molecule has 0 spiro atoms. The van der Waals surface area contributed by atoms with Gasteiger partial charge in [-0.3, -0.25) is 14.9 Å². The second-order valence-corrected chi connectivity index (χ2v) is 7.08. The fraction of sp³-hybridized carbons (Fsp3) is 0.217. The predicted octanol–water partition coefficient (Wildman–Crippen LogP) is 3.49. The fourth-order valence-corrected chi connectivity index (χ4v) is 3.15. The SMILES string of the molecule is O=C(CN[C@H](c1ccccc1)c1ccco1)Nc1ccccc1C(=O)NC1CC1. The van der Waals surface area contributed by atoms with E-state index in [0.29, 0.717) is 11.3 Å². The first-order chi connectivity index (χ1) is 14.2. The van der Waals surface area contributed by atoms with E-state index in [2.05, 4.69) is 16.0 Å². The second-order valence-electron chi connectivity index (χ2n) is 7.08. The van der Waals surface area contributed by atoms with Gasteiger partial charge in [-0.15, -0.1) is 0 Å². The molecule has 2 aromatic carbocycles. The number of benzene rings is 2. The zero-order valence-electron chi connectivity index (χ0n) is 15.9. The maximum absolute atomic E-state index is 12.6. The molecule has 3 N–H and O–H groups in total. The first-order valence-corrected chi connectivity index (χ1v) is 9.72. The Balaban J connectivity index is 1.42. The van der Waals surface area contributed by atoms with Gasteiger partial charge in [0.05, 0.1) is 30.1 Å². The Morgan fingerprint density at radius 2 is 1.72 bits per heavy atom. The van der Waals surface area contributed by atoms with Crippen LogP contribution in [0.15, 0.2) is 77.4 Å². The third-order valence-electron chi connectivity index (χ3n) is 4.79. The number of hydrogen-bond donors (Lipinski definition) is 3. The lowest BCUT2D eigenvalue weighted by Gasteiger charge is -2.17. The van der Waals surface area contributed by atoms with Crippen molar-refractivity contribution in [2.24, 2.45) is 0 Å². The minimum Gasteiger partial charge on any atom is -0.467 e. The van der Waals surface area contributed by atoms with Crippen LogP contribution < -0.4 is 16.0 Å². The molecule has 0 bridgehead atoms. The van der Waals surface area contributed by atoms with Crippen molar-refractivity contribution in [1.29, 1.82) is 0 Å². The van der Waals surface area contributed by atoms with Crippen molar-refractivity contribution in [2.45, 2.75) is 24.9 Å². The van der Waals surface area contributed by atoms with E-state index in [-0.39, 0.29) is 30.4 Å². The zero-order chi connectivity index (χ0) is 20.1. The zero-order valence-corrected chi connectivity index (χ0v) is 15.9. The summed E-state index contributed by atoms with van der Waals surface area (Å²) < 4.78 is 5.55. The maximum Gasteiger partial charge on any atom is 0.253 e. The van der Waals surface area contributed by atoms with E-state index >= 15 is 0 Å². The summed E-state index contributed by atoms with van der Waals surface area (Å²) in [6.07, 6.45) is 3.64. The number of nitrogens with one attached hydrogen (secondary N) is 3. The Morgan fingerprint density at radius 1 is 0.966 bits per heavy atom. The third-order valence-corrected chi connectivity index (χ3v) is 4.79. The molecule has 2 amide bonds. The van der Waals surface area contributed by atoms with E-state index in [4.69, 9.17) is 4.42 Å². The van der Waals surface area contributed by atoms with E-state index in [9.17, 15) is 9.59 Å². The molecule has 1 saturated carbocycles. The van der Waals surface area contributed by atoms with Crippen LogP contribution in [0.3, 0.4) is 0 Å².